The minimum Gasteiger partial charge on any atom is -0.197 e. The summed E-state index contributed by atoms with van der Waals surface area (Å²) in [6, 6.07) is 6.44. The van der Waals surface area contributed by atoms with Crippen LogP contribution in [-0.4, -0.2) is 26.5 Å². The van der Waals surface area contributed by atoms with Gasteiger partial charge in [0.15, 0.2) is 5.82 Å². The molecule has 0 spiro atoms. The van der Waals surface area contributed by atoms with Crippen LogP contribution in [0.4, 0.5) is 0 Å². The molecule has 4 nitrogen and oxygen atoms in total. The number of fused-ring (bicyclic) bond motifs is 3. The molecule has 0 radical (unpaired) electrons. The molecular weight excluding hydrogens is 208 g/mol. The Balaban J connectivity index is 2.18. The zero-order chi connectivity index (χ0) is 10.3. The molecule has 76 valence electrons. The second-order valence-electron chi connectivity index (χ2n) is 3.50. The lowest BCUT2D eigenvalue weighted by Crippen LogP contribution is -2.13. The smallest absolute Gasteiger partial charge is 0.157 e. The van der Waals surface area contributed by atoms with Gasteiger partial charge in [0.05, 0.1) is 5.69 Å². The van der Waals surface area contributed by atoms with Crippen molar-refractivity contribution in [2.24, 2.45) is 0 Å². The third-order valence-corrected chi connectivity index (χ3v) is 3.39. The lowest BCUT2D eigenvalue weighted by Gasteiger charge is -2.16. The number of hydrogen-bond donors (Lipinski definition) is 0. The maximum Gasteiger partial charge on any atom is 0.157 e. The molecule has 0 saturated carbocycles. The molecule has 15 heavy (non-hydrogen) atoms. The molecule has 0 N–H and O–H groups in total. The Morgan fingerprint density at radius 1 is 1.33 bits per heavy atom. The fraction of sp³-hybridized carbons (Fsp3) is 0.300. The first-order valence-corrected chi connectivity index (χ1v) is 6.05. The van der Waals surface area contributed by atoms with Gasteiger partial charge in [0.25, 0.3) is 0 Å². The number of aromatic nitrogens is 4. The third-order valence-electron chi connectivity index (χ3n) is 2.67. The van der Waals surface area contributed by atoms with Crippen molar-refractivity contribution in [2.75, 3.05) is 6.26 Å². The van der Waals surface area contributed by atoms with Crippen molar-refractivity contribution in [1.82, 2.24) is 20.2 Å². The van der Waals surface area contributed by atoms with Gasteiger partial charge >= 0.3 is 0 Å². The number of tetrazole rings is 1. The predicted octanol–water partition coefficient (Wildman–Crippen LogP) is 1.48. The van der Waals surface area contributed by atoms with E-state index in [9.17, 15) is 0 Å². The first-order valence-electron chi connectivity index (χ1n) is 4.83. The standard InChI is InChI=1S/C10H10N4S/c1-15-8-3-4-9-7(6-8)2-5-10-11-12-13-14(9)10/h3-4,6H,2,5H2,1H3. The van der Waals surface area contributed by atoms with E-state index >= 15 is 0 Å². The molecule has 0 saturated heterocycles. The highest BCUT2D eigenvalue weighted by molar-refractivity contribution is 7.98. The van der Waals surface area contributed by atoms with Crippen molar-refractivity contribution >= 4 is 11.8 Å². The van der Waals surface area contributed by atoms with Crippen molar-refractivity contribution in [3.63, 3.8) is 0 Å². The lowest BCUT2D eigenvalue weighted by molar-refractivity contribution is 0.709. The van der Waals surface area contributed by atoms with E-state index in [4.69, 9.17) is 0 Å². The first-order chi connectivity index (χ1) is 7.38. The van der Waals surface area contributed by atoms with Crippen LogP contribution in [0.5, 0.6) is 0 Å². The number of benzene rings is 1. The van der Waals surface area contributed by atoms with Gasteiger partial charge in [0, 0.05) is 11.3 Å². The highest BCUT2D eigenvalue weighted by atomic mass is 32.2. The second-order valence-corrected chi connectivity index (χ2v) is 4.38. The van der Waals surface area contributed by atoms with Gasteiger partial charge in [-0.25, -0.2) is 0 Å². The number of rotatable bonds is 1. The summed E-state index contributed by atoms with van der Waals surface area (Å²) in [6.45, 7) is 0. The normalized spacial score (nSPS) is 13.4. The lowest BCUT2D eigenvalue weighted by atomic mass is 10.0. The monoisotopic (exact) mass is 218 g/mol. The second kappa shape index (κ2) is 3.34. The molecule has 2 heterocycles. The average molecular weight is 218 g/mol. The van der Waals surface area contributed by atoms with Crippen molar-refractivity contribution in [1.29, 1.82) is 0 Å². The molecule has 0 fully saturated rings. The molecule has 0 bridgehead atoms. The topological polar surface area (TPSA) is 43.6 Å². The van der Waals surface area contributed by atoms with Gasteiger partial charge in [-0.3, -0.25) is 0 Å². The molecule has 1 aromatic carbocycles. The Morgan fingerprint density at radius 2 is 2.27 bits per heavy atom. The zero-order valence-corrected chi connectivity index (χ0v) is 9.16. The van der Waals surface area contributed by atoms with Crippen LogP contribution in [0.2, 0.25) is 0 Å². The van der Waals surface area contributed by atoms with Crippen LogP contribution in [0, 0.1) is 0 Å². The Labute approximate surface area is 91.7 Å². The van der Waals surface area contributed by atoms with Gasteiger partial charge in [0.2, 0.25) is 0 Å². The van der Waals surface area contributed by atoms with E-state index in [-0.39, 0.29) is 0 Å². The van der Waals surface area contributed by atoms with Gasteiger partial charge in [-0.2, -0.15) is 4.68 Å². The van der Waals surface area contributed by atoms with Crippen molar-refractivity contribution in [3.05, 3.63) is 29.6 Å². The molecule has 0 aliphatic carbocycles. The van der Waals surface area contributed by atoms with Gasteiger partial charge < -0.3 is 0 Å². The van der Waals surface area contributed by atoms with E-state index in [0.29, 0.717) is 0 Å². The van der Waals surface area contributed by atoms with Crippen LogP contribution in [0.15, 0.2) is 23.1 Å². The van der Waals surface area contributed by atoms with Crippen molar-refractivity contribution in [3.8, 4) is 5.69 Å². The molecule has 5 heteroatoms. The minimum atomic E-state index is 0.928. The number of nitrogens with zero attached hydrogens (tertiary/aromatic N) is 4. The van der Waals surface area contributed by atoms with E-state index in [1.54, 1.807) is 11.8 Å². The summed E-state index contributed by atoms with van der Waals surface area (Å²) in [4.78, 5) is 1.30. The van der Waals surface area contributed by atoms with Crippen LogP contribution < -0.4 is 0 Å². The molecule has 0 unspecified atom stereocenters. The highest BCUT2D eigenvalue weighted by Gasteiger charge is 2.17. The van der Waals surface area contributed by atoms with Crippen LogP contribution in [0.25, 0.3) is 5.69 Å². The van der Waals surface area contributed by atoms with Crippen LogP contribution in [0.3, 0.4) is 0 Å². The molecule has 1 aliphatic rings. The summed E-state index contributed by atoms with van der Waals surface area (Å²) in [7, 11) is 0. The molecule has 0 atom stereocenters. The fourth-order valence-electron chi connectivity index (χ4n) is 1.89. The summed E-state index contributed by atoms with van der Waals surface area (Å²) in [5.41, 5.74) is 2.46. The van der Waals surface area contributed by atoms with Gasteiger partial charge in [0.1, 0.15) is 0 Å². The first kappa shape index (κ1) is 8.91. The minimum absolute atomic E-state index is 0.928. The van der Waals surface area contributed by atoms with Crippen LogP contribution in [0.1, 0.15) is 11.4 Å². The molecule has 3 rings (SSSR count). The van der Waals surface area contributed by atoms with Gasteiger partial charge in [-0.1, -0.05) is 0 Å². The number of thioether (sulfide) groups is 1. The summed E-state index contributed by atoms with van der Waals surface area (Å²) in [6.07, 6.45) is 4.05. The highest BCUT2D eigenvalue weighted by Crippen LogP contribution is 2.26. The Kier molecular flexibility index (Phi) is 1.98. The predicted molar refractivity (Wildman–Crippen MR) is 58.3 cm³/mol. The van der Waals surface area contributed by atoms with E-state index in [2.05, 4.69) is 40.0 Å². The maximum atomic E-state index is 4.00. The van der Waals surface area contributed by atoms with E-state index < -0.39 is 0 Å². The fourth-order valence-corrected chi connectivity index (χ4v) is 2.36. The molecule has 2 aromatic rings. The molecule has 1 aliphatic heterocycles. The van der Waals surface area contributed by atoms with Crippen molar-refractivity contribution in [2.45, 2.75) is 17.7 Å². The maximum absolute atomic E-state index is 4.00. The Morgan fingerprint density at radius 3 is 3.13 bits per heavy atom. The number of hydrogen-bond acceptors (Lipinski definition) is 4. The Hall–Kier alpha value is -1.36. The van der Waals surface area contributed by atoms with E-state index in [1.807, 2.05) is 4.68 Å². The third kappa shape index (κ3) is 1.34. The van der Waals surface area contributed by atoms with Crippen LogP contribution in [-0.2, 0) is 12.8 Å². The summed E-state index contributed by atoms with van der Waals surface area (Å²) < 4.78 is 1.84. The van der Waals surface area contributed by atoms with Crippen LogP contribution >= 0.6 is 11.8 Å². The van der Waals surface area contributed by atoms with Crippen molar-refractivity contribution < 1.29 is 0 Å². The quantitative estimate of drug-likeness (QED) is 0.680. The summed E-state index contributed by atoms with van der Waals surface area (Å²) in [5, 5.41) is 11.7. The molecule has 1 aromatic heterocycles. The molecular formula is C10H10N4S. The Bertz CT molecular complexity index is 506. The van der Waals surface area contributed by atoms with E-state index in [0.717, 1.165) is 24.4 Å². The van der Waals surface area contributed by atoms with Gasteiger partial charge in [-0.05, 0) is 46.9 Å². The number of aryl methyl sites for hydroxylation is 2. The summed E-state index contributed by atoms with van der Waals surface area (Å²) in [5.74, 6) is 0.958. The SMILES string of the molecule is CSc1ccc2c(c1)CCc1nnnn1-2. The van der Waals surface area contributed by atoms with E-state index in [1.165, 1.54) is 10.5 Å². The summed E-state index contributed by atoms with van der Waals surface area (Å²) >= 11 is 1.76. The average Bonchev–Trinajstić information content (AvgIpc) is 2.76. The molecule has 0 amide bonds. The van der Waals surface area contributed by atoms with Gasteiger partial charge in [-0.15, -0.1) is 16.9 Å². The zero-order valence-electron chi connectivity index (χ0n) is 8.34. The largest absolute Gasteiger partial charge is 0.197 e.